The zero-order valence-electron chi connectivity index (χ0n) is 10.1. The molecule has 0 amide bonds. The summed E-state index contributed by atoms with van der Waals surface area (Å²) < 4.78 is 27.1. The van der Waals surface area contributed by atoms with E-state index in [1.165, 1.54) is 11.3 Å². The van der Waals surface area contributed by atoms with Crippen LogP contribution in [0.4, 0.5) is 5.13 Å². The third-order valence-corrected chi connectivity index (χ3v) is 5.70. The molecule has 104 valence electrons. The van der Waals surface area contributed by atoms with Crippen LogP contribution in [0, 0.1) is 5.92 Å². The fourth-order valence-electron chi connectivity index (χ4n) is 1.54. The molecule has 0 saturated carbocycles. The summed E-state index contributed by atoms with van der Waals surface area (Å²) in [5, 5.41) is 0.945. The summed E-state index contributed by atoms with van der Waals surface area (Å²) in [5.74, 6) is 0.173. The van der Waals surface area contributed by atoms with Crippen molar-refractivity contribution in [1.82, 2.24) is 4.98 Å². The highest BCUT2D eigenvalue weighted by atomic mass is 35.5. The van der Waals surface area contributed by atoms with Gasteiger partial charge in [-0.05, 0) is 24.1 Å². The number of halogens is 2. The molecule has 2 rings (SSSR count). The first-order valence-electron chi connectivity index (χ1n) is 5.52. The predicted octanol–water partition coefficient (Wildman–Crippen LogP) is 3.57. The molecule has 0 aliphatic carbocycles. The van der Waals surface area contributed by atoms with Gasteiger partial charge in [0, 0.05) is 10.9 Å². The second-order valence-corrected chi connectivity index (χ2v) is 7.82. The molecule has 1 aromatic carbocycles. The quantitative estimate of drug-likeness (QED) is 0.848. The summed E-state index contributed by atoms with van der Waals surface area (Å²) in [6.07, 6.45) is 0. The van der Waals surface area contributed by atoms with Crippen LogP contribution in [0.25, 0.3) is 10.2 Å². The van der Waals surface area contributed by atoms with Gasteiger partial charge < -0.3 is 0 Å². The zero-order valence-corrected chi connectivity index (χ0v) is 13.2. The number of aromatic nitrogens is 1. The van der Waals surface area contributed by atoms with Crippen molar-refractivity contribution in [2.75, 3.05) is 16.4 Å². The van der Waals surface area contributed by atoms with E-state index in [9.17, 15) is 8.42 Å². The average molecular weight is 339 g/mol. The first-order valence-corrected chi connectivity index (χ1v) is 8.90. The molecular formula is C11H12Cl2N2O2S2. The van der Waals surface area contributed by atoms with Gasteiger partial charge in [-0.3, -0.25) is 4.72 Å². The number of fused-ring (bicyclic) bond motifs is 1. The van der Waals surface area contributed by atoms with E-state index in [-0.39, 0.29) is 11.7 Å². The van der Waals surface area contributed by atoms with Crippen molar-refractivity contribution >= 4 is 59.9 Å². The van der Waals surface area contributed by atoms with Crippen LogP contribution in [-0.4, -0.2) is 25.0 Å². The molecule has 0 spiro atoms. The number of nitrogens with zero attached hydrogens (tertiary/aromatic N) is 1. The van der Waals surface area contributed by atoms with Crippen molar-refractivity contribution in [3.63, 3.8) is 0 Å². The third kappa shape index (κ3) is 3.95. The van der Waals surface area contributed by atoms with Crippen LogP contribution in [0.2, 0.25) is 5.02 Å². The molecule has 1 heterocycles. The van der Waals surface area contributed by atoms with Crippen molar-refractivity contribution in [2.24, 2.45) is 5.92 Å². The van der Waals surface area contributed by atoms with Crippen molar-refractivity contribution in [1.29, 1.82) is 0 Å². The van der Waals surface area contributed by atoms with Crippen LogP contribution < -0.4 is 4.72 Å². The molecule has 1 N–H and O–H groups in total. The van der Waals surface area contributed by atoms with Gasteiger partial charge >= 0.3 is 0 Å². The molecule has 0 bridgehead atoms. The summed E-state index contributed by atoms with van der Waals surface area (Å²) in [5.41, 5.74) is 0.720. The summed E-state index contributed by atoms with van der Waals surface area (Å²) >= 11 is 12.8. The molecule has 2 aromatic rings. The Morgan fingerprint density at radius 1 is 1.47 bits per heavy atom. The van der Waals surface area contributed by atoms with Gasteiger partial charge in [0.15, 0.2) is 5.13 Å². The van der Waals surface area contributed by atoms with Gasteiger partial charge in [0.25, 0.3) is 0 Å². The van der Waals surface area contributed by atoms with E-state index in [1.807, 2.05) is 0 Å². The van der Waals surface area contributed by atoms with Crippen molar-refractivity contribution in [3.05, 3.63) is 23.2 Å². The first-order chi connectivity index (χ1) is 8.89. The number of nitrogens with one attached hydrogen (secondary N) is 1. The molecule has 0 saturated heterocycles. The van der Waals surface area contributed by atoms with E-state index in [4.69, 9.17) is 23.2 Å². The van der Waals surface area contributed by atoms with E-state index in [2.05, 4.69) is 9.71 Å². The van der Waals surface area contributed by atoms with Gasteiger partial charge in [-0.15, -0.1) is 11.6 Å². The highest BCUT2D eigenvalue weighted by Crippen LogP contribution is 2.29. The zero-order chi connectivity index (χ0) is 14.0. The van der Waals surface area contributed by atoms with Crippen LogP contribution in [-0.2, 0) is 10.0 Å². The SMILES string of the molecule is CC(CCl)CS(=O)(=O)Nc1nc2ccc(Cl)cc2s1. The Hall–Kier alpha value is -0.560. The lowest BCUT2D eigenvalue weighted by atomic mass is 10.3. The molecule has 1 unspecified atom stereocenters. The number of thiazole rings is 1. The van der Waals surface area contributed by atoms with Gasteiger partial charge in [0.2, 0.25) is 10.0 Å². The molecule has 0 fully saturated rings. The molecule has 0 aliphatic heterocycles. The molecule has 4 nitrogen and oxygen atoms in total. The Kier molecular flexibility index (Phi) is 4.55. The summed E-state index contributed by atoms with van der Waals surface area (Å²) in [4.78, 5) is 4.21. The number of hydrogen-bond acceptors (Lipinski definition) is 4. The lowest BCUT2D eigenvalue weighted by Crippen LogP contribution is -2.21. The van der Waals surface area contributed by atoms with E-state index in [0.29, 0.717) is 16.0 Å². The largest absolute Gasteiger partial charge is 0.259 e. The Labute approximate surface area is 125 Å². The number of rotatable bonds is 5. The van der Waals surface area contributed by atoms with Gasteiger partial charge in [0.05, 0.1) is 16.0 Å². The Morgan fingerprint density at radius 3 is 2.89 bits per heavy atom. The number of alkyl halides is 1. The smallest absolute Gasteiger partial charge is 0.234 e. The number of hydrogen-bond donors (Lipinski definition) is 1. The Balaban J connectivity index is 2.21. The standard InChI is InChI=1S/C11H12Cl2N2O2S2/c1-7(5-12)6-19(16,17)15-11-14-9-3-2-8(13)4-10(9)18-11/h2-4,7H,5-6H2,1H3,(H,14,15). The molecule has 19 heavy (non-hydrogen) atoms. The molecule has 1 aromatic heterocycles. The van der Waals surface area contributed by atoms with Crippen LogP contribution in [0.15, 0.2) is 18.2 Å². The molecule has 1 atom stereocenters. The minimum atomic E-state index is -3.42. The fourth-order valence-corrected chi connectivity index (χ4v) is 4.58. The molecule has 0 aliphatic rings. The van der Waals surface area contributed by atoms with Crippen LogP contribution in [0.1, 0.15) is 6.92 Å². The maximum Gasteiger partial charge on any atom is 0.234 e. The first kappa shape index (κ1) is 14.8. The topological polar surface area (TPSA) is 59.1 Å². The van der Waals surface area contributed by atoms with E-state index in [1.54, 1.807) is 25.1 Å². The predicted molar refractivity (Wildman–Crippen MR) is 81.9 cm³/mol. The molecule has 8 heteroatoms. The third-order valence-electron chi connectivity index (χ3n) is 2.36. The monoisotopic (exact) mass is 338 g/mol. The number of anilines is 1. The summed E-state index contributed by atoms with van der Waals surface area (Å²) in [7, 11) is -3.42. The number of sulfonamides is 1. The Bertz CT molecular complexity index is 685. The van der Waals surface area contributed by atoms with Gasteiger partial charge in [-0.1, -0.05) is 29.9 Å². The minimum absolute atomic E-state index is 0.0207. The highest BCUT2D eigenvalue weighted by molar-refractivity contribution is 7.92. The van der Waals surface area contributed by atoms with Crippen molar-refractivity contribution in [2.45, 2.75) is 6.92 Å². The Morgan fingerprint density at radius 2 is 2.21 bits per heavy atom. The van der Waals surface area contributed by atoms with E-state index >= 15 is 0 Å². The van der Waals surface area contributed by atoms with E-state index < -0.39 is 10.0 Å². The number of benzene rings is 1. The summed E-state index contributed by atoms with van der Waals surface area (Å²) in [6.45, 7) is 1.78. The van der Waals surface area contributed by atoms with Gasteiger partial charge in [-0.2, -0.15) is 0 Å². The average Bonchev–Trinajstić information content (AvgIpc) is 2.68. The summed E-state index contributed by atoms with van der Waals surface area (Å²) in [6, 6.07) is 5.23. The van der Waals surface area contributed by atoms with E-state index in [0.717, 1.165) is 10.2 Å². The van der Waals surface area contributed by atoms with Crippen LogP contribution in [0.5, 0.6) is 0 Å². The molecule has 0 radical (unpaired) electrons. The maximum atomic E-state index is 11.9. The lowest BCUT2D eigenvalue weighted by molar-refractivity contribution is 0.588. The minimum Gasteiger partial charge on any atom is -0.259 e. The molecular weight excluding hydrogens is 327 g/mol. The lowest BCUT2D eigenvalue weighted by Gasteiger charge is -2.08. The van der Waals surface area contributed by atoms with Crippen molar-refractivity contribution in [3.8, 4) is 0 Å². The highest BCUT2D eigenvalue weighted by Gasteiger charge is 2.17. The second-order valence-electron chi connectivity index (χ2n) is 4.27. The van der Waals surface area contributed by atoms with Crippen LogP contribution in [0.3, 0.4) is 0 Å². The second kappa shape index (κ2) is 5.83. The maximum absolute atomic E-state index is 11.9. The van der Waals surface area contributed by atoms with Crippen LogP contribution >= 0.6 is 34.5 Å². The van der Waals surface area contributed by atoms with Gasteiger partial charge in [-0.25, -0.2) is 13.4 Å². The van der Waals surface area contributed by atoms with Gasteiger partial charge in [0.1, 0.15) is 0 Å². The fraction of sp³-hybridized carbons (Fsp3) is 0.364. The normalized spacial score (nSPS) is 13.6. The van der Waals surface area contributed by atoms with Crippen molar-refractivity contribution < 1.29 is 8.42 Å².